The first kappa shape index (κ1) is 21.7. The van der Waals surface area contributed by atoms with Crippen LogP contribution in [0.2, 0.25) is 0 Å². The molecule has 0 saturated heterocycles. The molecule has 0 aliphatic heterocycles. The molecule has 0 radical (unpaired) electrons. The Kier molecular flexibility index (Phi) is 9.61. The Hall–Kier alpha value is -1.61. The summed E-state index contributed by atoms with van der Waals surface area (Å²) in [5.74, 6) is 3.03. The first-order valence-corrected chi connectivity index (χ1v) is 10.6. The van der Waals surface area contributed by atoms with Gasteiger partial charge in [0.1, 0.15) is 0 Å². The molecule has 1 aliphatic carbocycles. The Morgan fingerprint density at radius 3 is 1.22 bits per heavy atom. The average Bonchev–Trinajstić information content (AvgIpc) is 3.25. The van der Waals surface area contributed by atoms with Crippen LogP contribution in [0.1, 0.15) is 25.7 Å². The second-order valence-corrected chi connectivity index (χ2v) is 8.69. The zero-order chi connectivity index (χ0) is 18.0. The molecule has 0 atom stereocenters. The van der Waals surface area contributed by atoms with Crippen LogP contribution < -0.4 is 15.9 Å². The summed E-state index contributed by atoms with van der Waals surface area (Å²) in [7, 11) is -0.446. The van der Waals surface area contributed by atoms with Crippen molar-refractivity contribution in [2.45, 2.75) is 25.7 Å². The fourth-order valence-electron chi connectivity index (χ4n) is 3.25. The maximum atomic E-state index is 6.75. The third-order valence-electron chi connectivity index (χ3n) is 4.60. The van der Waals surface area contributed by atoms with E-state index in [2.05, 4.69) is 96.9 Å². The molecular weight excluding hydrogens is 528 g/mol. The van der Waals surface area contributed by atoms with E-state index in [0.717, 1.165) is 0 Å². The first-order chi connectivity index (χ1) is 12.9. The summed E-state index contributed by atoms with van der Waals surface area (Å²) >= 11 is 0. The number of benzene rings is 3. The zero-order valence-corrected chi connectivity index (χ0v) is 18.4. The first-order valence-electron chi connectivity index (χ1n) is 9.26. The summed E-state index contributed by atoms with van der Waals surface area (Å²) in [4.78, 5) is 0. The van der Waals surface area contributed by atoms with Crippen molar-refractivity contribution in [2.24, 2.45) is 5.92 Å². The van der Waals surface area contributed by atoms with Gasteiger partial charge < -0.3 is 12.3 Å². The summed E-state index contributed by atoms with van der Waals surface area (Å²) < 4.78 is 0. The second-order valence-electron chi connectivity index (χ2n) is 6.47. The molecule has 3 aromatic carbocycles. The Bertz CT molecular complexity index is 709. The summed E-state index contributed by atoms with van der Waals surface area (Å²) in [6.07, 6.45) is 11.8. The molecule has 2 heteroatoms. The van der Waals surface area contributed by atoms with Crippen molar-refractivity contribution in [3.63, 3.8) is 0 Å². The molecule has 140 valence electrons. The quantitative estimate of drug-likeness (QED) is 0.181. The van der Waals surface area contributed by atoms with Gasteiger partial charge in [0.05, 0.1) is 0 Å². The zero-order valence-electron chi connectivity index (χ0n) is 15.3. The van der Waals surface area contributed by atoms with Gasteiger partial charge in [-0.15, -0.1) is 0 Å². The topological polar surface area (TPSA) is 0 Å². The molecule has 0 aromatic heterocycles. The monoisotopic (exact) mass is 552 g/mol. The van der Waals surface area contributed by atoms with E-state index >= 15 is 0 Å². The van der Waals surface area contributed by atoms with Crippen LogP contribution in [-0.2, 0) is 22.4 Å². The minimum atomic E-state index is -0.446. The van der Waals surface area contributed by atoms with E-state index in [1.807, 2.05) is 0 Å². The third-order valence-corrected chi connectivity index (χ3v) is 7.05. The molecule has 0 unspecified atom stereocenters. The van der Waals surface area contributed by atoms with Crippen LogP contribution in [0.25, 0.3) is 0 Å². The third kappa shape index (κ3) is 6.49. The minimum Gasteiger partial charge on any atom is -0.693 e. The summed E-state index contributed by atoms with van der Waals surface area (Å²) in [6.45, 7) is 0. The Morgan fingerprint density at radius 1 is 0.630 bits per heavy atom. The van der Waals surface area contributed by atoms with Crippen molar-refractivity contribution in [2.75, 3.05) is 0 Å². The number of hydrogen-bond donors (Lipinski definition) is 0. The SMILES string of the molecule is [Au+].[C-]#CC1CCCC1.c1ccc(P(c2ccccc2)c2ccccc2)cc1. The van der Waals surface area contributed by atoms with Gasteiger partial charge in [0, 0.05) is 0 Å². The fourth-order valence-corrected chi connectivity index (χ4v) is 5.55. The van der Waals surface area contributed by atoms with Gasteiger partial charge in [-0.1, -0.05) is 104 Å². The predicted molar refractivity (Wildman–Crippen MR) is 114 cm³/mol. The summed E-state index contributed by atoms with van der Waals surface area (Å²) in [5, 5.41) is 4.19. The van der Waals surface area contributed by atoms with Crippen molar-refractivity contribution in [1.29, 1.82) is 0 Å². The van der Waals surface area contributed by atoms with Crippen molar-refractivity contribution in [3.05, 3.63) is 97.4 Å². The minimum absolute atomic E-state index is 0. The van der Waals surface area contributed by atoms with Crippen LogP contribution in [-0.4, -0.2) is 0 Å². The Labute approximate surface area is 180 Å². The van der Waals surface area contributed by atoms with Crippen LogP contribution in [0.3, 0.4) is 0 Å². The molecule has 27 heavy (non-hydrogen) atoms. The molecule has 0 nitrogen and oxygen atoms in total. The molecular formula is C25H24AuP. The average molecular weight is 552 g/mol. The molecule has 4 rings (SSSR count). The van der Waals surface area contributed by atoms with E-state index in [1.54, 1.807) is 0 Å². The van der Waals surface area contributed by atoms with Crippen LogP contribution in [0.5, 0.6) is 0 Å². The fraction of sp³-hybridized carbons (Fsp3) is 0.200. The van der Waals surface area contributed by atoms with E-state index in [1.165, 1.54) is 41.6 Å². The normalized spacial score (nSPS) is 13.2. The standard InChI is InChI=1S/C18H15P.C7H9.Au/c1-4-10-16(11-5-1)19(17-12-6-2-7-13-17)18-14-8-3-9-15-18;1-2-7-5-3-4-6-7;/h1-15H;7H,3-6H2;/q;-1;+1. The van der Waals surface area contributed by atoms with Crippen LogP contribution in [0.4, 0.5) is 0 Å². The largest absolute Gasteiger partial charge is 1.00 e. The summed E-state index contributed by atoms with van der Waals surface area (Å²) in [5.41, 5.74) is 0. The van der Waals surface area contributed by atoms with Gasteiger partial charge >= 0.3 is 22.4 Å². The van der Waals surface area contributed by atoms with Crippen molar-refractivity contribution in [1.82, 2.24) is 0 Å². The molecule has 1 aliphatic rings. The van der Waals surface area contributed by atoms with E-state index in [0.29, 0.717) is 5.92 Å². The summed E-state index contributed by atoms with van der Waals surface area (Å²) in [6, 6.07) is 32.3. The van der Waals surface area contributed by atoms with Gasteiger partial charge in [0.25, 0.3) is 0 Å². The van der Waals surface area contributed by atoms with Gasteiger partial charge in [-0.2, -0.15) is 0 Å². The molecule has 0 amide bonds. The van der Waals surface area contributed by atoms with Crippen LogP contribution in [0, 0.1) is 18.3 Å². The van der Waals surface area contributed by atoms with Gasteiger partial charge in [0.15, 0.2) is 0 Å². The van der Waals surface area contributed by atoms with Crippen molar-refractivity contribution >= 4 is 23.8 Å². The molecule has 3 aromatic rings. The maximum absolute atomic E-state index is 6.75. The predicted octanol–water partition coefficient (Wildman–Crippen LogP) is 5.21. The maximum Gasteiger partial charge on any atom is 1.00 e. The number of rotatable bonds is 3. The van der Waals surface area contributed by atoms with E-state index in [-0.39, 0.29) is 22.4 Å². The van der Waals surface area contributed by atoms with Gasteiger partial charge in [0.2, 0.25) is 0 Å². The van der Waals surface area contributed by atoms with E-state index in [4.69, 9.17) is 6.42 Å². The van der Waals surface area contributed by atoms with Gasteiger partial charge in [-0.05, 0) is 42.6 Å². The van der Waals surface area contributed by atoms with Crippen molar-refractivity contribution < 1.29 is 22.4 Å². The Balaban J connectivity index is 0.000000278. The molecule has 1 fully saturated rings. The van der Waals surface area contributed by atoms with E-state index < -0.39 is 7.92 Å². The molecule has 0 N–H and O–H groups in total. The molecule has 0 heterocycles. The molecule has 1 saturated carbocycles. The van der Waals surface area contributed by atoms with Gasteiger partial charge in [-0.25, -0.2) is 0 Å². The molecule has 0 spiro atoms. The van der Waals surface area contributed by atoms with Crippen LogP contribution in [0.15, 0.2) is 91.0 Å². The van der Waals surface area contributed by atoms with E-state index in [9.17, 15) is 0 Å². The molecule has 0 bridgehead atoms. The van der Waals surface area contributed by atoms with Gasteiger partial charge in [-0.3, -0.25) is 0 Å². The number of hydrogen-bond acceptors (Lipinski definition) is 0. The second kappa shape index (κ2) is 12.0. The smallest absolute Gasteiger partial charge is 0.693 e. The Morgan fingerprint density at radius 2 is 0.963 bits per heavy atom. The van der Waals surface area contributed by atoms with Crippen LogP contribution >= 0.6 is 7.92 Å². The van der Waals surface area contributed by atoms with Crippen molar-refractivity contribution in [3.8, 4) is 5.92 Å².